The van der Waals surface area contributed by atoms with Gasteiger partial charge in [0.25, 0.3) is 5.91 Å². The summed E-state index contributed by atoms with van der Waals surface area (Å²) in [4.78, 5) is 12.4. The lowest BCUT2D eigenvalue weighted by Gasteiger charge is -2.15. The fraction of sp³-hybridized carbons (Fsp3) is 0.238. The summed E-state index contributed by atoms with van der Waals surface area (Å²) in [5.41, 5.74) is 3.93. The van der Waals surface area contributed by atoms with Crippen LogP contribution in [0, 0.1) is 13.8 Å². The van der Waals surface area contributed by atoms with Gasteiger partial charge in [0.05, 0.1) is 11.4 Å². The van der Waals surface area contributed by atoms with Gasteiger partial charge in [-0.2, -0.15) is 5.10 Å². The Hall–Kier alpha value is -2.60. The third-order valence-corrected chi connectivity index (χ3v) is 4.91. The van der Waals surface area contributed by atoms with Crippen LogP contribution in [0.25, 0.3) is 5.69 Å². The Balaban J connectivity index is 1.65. The van der Waals surface area contributed by atoms with Crippen LogP contribution in [0.4, 0.5) is 0 Å². The number of ether oxygens (including phenoxy) is 1. The smallest absolute Gasteiger partial charge is 0.261 e. The van der Waals surface area contributed by atoms with E-state index in [1.165, 1.54) is 0 Å². The number of aryl methyl sites for hydroxylation is 1. The van der Waals surface area contributed by atoms with Crippen molar-refractivity contribution in [3.8, 4) is 11.4 Å². The first kappa shape index (κ1) is 19.2. The van der Waals surface area contributed by atoms with Crippen LogP contribution in [0.15, 0.2) is 59.1 Å². The molecule has 140 valence electrons. The summed E-state index contributed by atoms with van der Waals surface area (Å²) in [6, 6.07) is 17.4. The average Bonchev–Trinajstić information content (AvgIpc) is 2.96. The molecule has 1 amide bonds. The molecule has 0 bridgehead atoms. The lowest BCUT2D eigenvalue weighted by atomic mass is 10.2. The number of carbonyl (C=O) groups excluding carboxylic acids is 1. The molecule has 0 aliphatic carbocycles. The van der Waals surface area contributed by atoms with Crippen molar-refractivity contribution in [2.75, 3.05) is 0 Å². The van der Waals surface area contributed by atoms with Gasteiger partial charge < -0.3 is 10.1 Å². The molecular weight excluding hydrogens is 406 g/mol. The maximum Gasteiger partial charge on any atom is 0.261 e. The molecule has 0 fully saturated rings. The Morgan fingerprint density at radius 3 is 2.48 bits per heavy atom. The first-order valence-corrected chi connectivity index (χ1v) is 9.55. The minimum absolute atomic E-state index is 0.163. The van der Waals surface area contributed by atoms with E-state index in [4.69, 9.17) is 4.74 Å². The van der Waals surface area contributed by atoms with Crippen molar-refractivity contribution in [1.29, 1.82) is 0 Å². The Labute approximate surface area is 167 Å². The Morgan fingerprint density at radius 2 is 1.81 bits per heavy atom. The number of hydrogen-bond acceptors (Lipinski definition) is 3. The number of para-hydroxylation sites is 1. The number of rotatable bonds is 6. The van der Waals surface area contributed by atoms with Crippen molar-refractivity contribution in [1.82, 2.24) is 15.1 Å². The molecule has 3 rings (SSSR count). The maximum absolute atomic E-state index is 12.4. The number of nitrogens with zero attached hydrogens (tertiary/aromatic N) is 2. The molecule has 3 aromatic rings. The van der Waals surface area contributed by atoms with Gasteiger partial charge in [0, 0.05) is 22.3 Å². The van der Waals surface area contributed by atoms with Crippen LogP contribution in [0.5, 0.6) is 5.75 Å². The summed E-state index contributed by atoms with van der Waals surface area (Å²) in [5, 5.41) is 7.56. The second-order valence-electron chi connectivity index (χ2n) is 6.33. The molecule has 6 heteroatoms. The van der Waals surface area contributed by atoms with Gasteiger partial charge in [-0.3, -0.25) is 4.79 Å². The van der Waals surface area contributed by atoms with E-state index in [2.05, 4.69) is 26.3 Å². The molecule has 0 radical (unpaired) electrons. The second-order valence-corrected chi connectivity index (χ2v) is 7.24. The lowest BCUT2D eigenvalue weighted by molar-refractivity contribution is -0.127. The van der Waals surface area contributed by atoms with Crippen LogP contribution in [-0.4, -0.2) is 21.8 Å². The molecule has 5 nitrogen and oxygen atoms in total. The SMILES string of the molecule is Cc1nn(-c2ccccc2)c(C)c1CNC(=O)[C@@H](C)Oc1ccc(Br)cc1. The largest absolute Gasteiger partial charge is 0.481 e. The van der Waals surface area contributed by atoms with E-state index in [1.807, 2.05) is 73.1 Å². The normalized spacial score (nSPS) is 11.9. The highest BCUT2D eigenvalue weighted by molar-refractivity contribution is 9.10. The van der Waals surface area contributed by atoms with Crippen LogP contribution < -0.4 is 10.1 Å². The third kappa shape index (κ3) is 4.57. The fourth-order valence-corrected chi connectivity index (χ4v) is 3.11. The highest BCUT2D eigenvalue weighted by Crippen LogP contribution is 2.19. The number of nitrogens with one attached hydrogen (secondary N) is 1. The summed E-state index contributed by atoms with van der Waals surface area (Å²) < 4.78 is 8.57. The summed E-state index contributed by atoms with van der Waals surface area (Å²) in [5.74, 6) is 0.495. The highest BCUT2D eigenvalue weighted by Gasteiger charge is 2.17. The van der Waals surface area contributed by atoms with Crippen molar-refractivity contribution in [3.05, 3.63) is 76.0 Å². The number of aromatic nitrogens is 2. The van der Waals surface area contributed by atoms with E-state index in [-0.39, 0.29) is 5.91 Å². The molecule has 1 aromatic heterocycles. The van der Waals surface area contributed by atoms with E-state index in [9.17, 15) is 4.79 Å². The summed E-state index contributed by atoms with van der Waals surface area (Å²) in [6.45, 7) is 6.12. The quantitative estimate of drug-likeness (QED) is 0.636. The van der Waals surface area contributed by atoms with Gasteiger partial charge in [-0.1, -0.05) is 34.1 Å². The van der Waals surface area contributed by atoms with Crippen LogP contribution in [-0.2, 0) is 11.3 Å². The third-order valence-electron chi connectivity index (χ3n) is 4.38. The molecule has 0 aliphatic rings. The zero-order valence-electron chi connectivity index (χ0n) is 15.6. The maximum atomic E-state index is 12.4. The molecule has 0 saturated heterocycles. The minimum Gasteiger partial charge on any atom is -0.481 e. The van der Waals surface area contributed by atoms with Gasteiger partial charge in [-0.15, -0.1) is 0 Å². The van der Waals surface area contributed by atoms with Gasteiger partial charge in [0.1, 0.15) is 5.75 Å². The summed E-state index contributed by atoms with van der Waals surface area (Å²) in [6.07, 6.45) is -0.587. The van der Waals surface area contributed by atoms with Gasteiger partial charge in [0.2, 0.25) is 0 Å². The summed E-state index contributed by atoms with van der Waals surface area (Å²) >= 11 is 3.38. The number of hydrogen-bond donors (Lipinski definition) is 1. The Bertz CT molecular complexity index is 921. The first-order valence-electron chi connectivity index (χ1n) is 8.76. The van der Waals surface area contributed by atoms with E-state index < -0.39 is 6.10 Å². The van der Waals surface area contributed by atoms with Crippen LogP contribution in [0.3, 0.4) is 0 Å². The lowest BCUT2D eigenvalue weighted by Crippen LogP contribution is -2.36. The van der Waals surface area contributed by atoms with Crippen molar-refractivity contribution < 1.29 is 9.53 Å². The average molecular weight is 428 g/mol. The number of halogens is 1. The minimum atomic E-state index is -0.587. The highest BCUT2D eigenvalue weighted by atomic mass is 79.9. The van der Waals surface area contributed by atoms with Crippen LogP contribution >= 0.6 is 15.9 Å². The predicted molar refractivity (Wildman–Crippen MR) is 109 cm³/mol. The number of carbonyl (C=O) groups is 1. The Morgan fingerprint density at radius 1 is 1.15 bits per heavy atom. The Kier molecular flexibility index (Phi) is 5.96. The zero-order chi connectivity index (χ0) is 19.4. The topological polar surface area (TPSA) is 56.2 Å². The van der Waals surface area contributed by atoms with Gasteiger partial charge in [-0.05, 0) is 57.2 Å². The van der Waals surface area contributed by atoms with Crippen LogP contribution in [0.1, 0.15) is 23.9 Å². The van der Waals surface area contributed by atoms with E-state index >= 15 is 0 Å². The molecule has 2 aromatic carbocycles. The van der Waals surface area contributed by atoms with E-state index in [0.717, 1.165) is 27.1 Å². The number of benzene rings is 2. The molecule has 0 aliphatic heterocycles. The van der Waals surface area contributed by atoms with Crippen molar-refractivity contribution in [2.24, 2.45) is 0 Å². The van der Waals surface area contributed by atoms with Crippen molar-refractivity contribution >= 4 is 21.8 Å². The second kappa shape index (κ2) is 8.39. The molecule has 0 spiro atoms. The van der Waals surface area contributed by atoms with Gasteiger partial charge in [0.15, 0.2) is 6.10 Å². The van der Waals surface area contributed by atoms with Gasteiger partial charge >= 0.3 is 0 Å². The number of amides is 1. The molecule has 1 heterocycles. The predicted octanol–water partition coefficient (Wildman–Crippen LogP) is 4.34. The molecular formula is C21H22BrN3O2. The van der Waals surface area contributed by atoms with Crippen LogP contribution in [0.2, 0.25) is 0 Å². The van der Waals surface area contributed by atoms with E-state index in [1.54, 1.807) is 6.92 Å². The van der Waals surface area contributed by atoms with Gasteiger partial charge in [-0.25, -0.2) is 4.68 Å². The monoisotopic (exact) mass is 427 g/mol. The molecule has 0 saturated carbocycles. The zero-order valence-corrected chi connectivity index (χ0v) is 17.2. The summed E-state index contributed by atoms with van der Waals surface area (Å²) in [7, 11) is 0. The van der Waals surface area contributed by atoms with Crippen molar-refractivity contribution in [3.63, 3.8) is 0 Å². The molecule has 27 heavy (non-hydrogen) atoms. The molecule has 1 N–H and O–H groups in total. The molecule has 1 atom stereocenters. The standard InChI is InChI=1S/C21H22BrN3O2/c1-14-20(15(2)25(24-14)18-7-5-4-6-8-18)13-23-21(26)16(3)27-19-11-9-17(22)10-12-19/h4-12,16H,13H2,1-3H3,(H,23,26)/t16-/m1/s1. The van der Waals surface area contributed by atoms with E-state index in [0.29, 0.717) is 12.3 Å². The van der Waals surface area contributed by atoms with Crippen molar-refractivity contribution in [2.45, 2.75) is 33.4 Å². The molecule has 0 unspecified atom stereocenters. The fourth-order valence-electron chi connectivity index (χ4n) is 2.84. The first-order chi connectivity index (χ1) is 13.0.